The highest BCUT2D eigenvalue weighted by molar-refractivity contribution is 5.84. The third-order valence-corrected chi connectivity index (χ3v) is 2.09. The number of amides is 1. The van der Waals surface area contributed by atoms with Gasteiger partial charge in [-0.25, -0.2) is 9.97 Å². The number of anilines is 2. The van der Waals surface area contributed by atoms with Crippen LogP contribution in [0.15, 0.2) is 36.7 Å². The van der Waals surface area contributed by atoms with Gasteiger partial charge in [0.25, 0.3) is 0 Å². The van der Waals surface area contributed by atoms with E-state index in [9.17, 15) is 9.18 Å². The van der Waals surface area contributed by atoms with Crippen molar-refractivity contribution in [2.45, 2.75) is 0 Å². The maximum atomic E-state index is 12.6. The highest BCUT2D eigenvalue weighted by Gasteiger charge is 2.10. The zero-order valence-electron chi connectivity index (χ0n) is 8.62. The van der Waals surface area contributed by atoms with Crippen molar-refractivity contribution in [3.05, 3.63) is 42.6 Å². The molecule has 0 fully saturated rings. The standard InChI is InChI=1S/C11H8FN3O2/c12-10-5-14-11(6-13-10)15(7-16)8-1-3-9(17)4-2-8/h1-7,17H. The second-order valence-corrected chi connectivity index (χ2v) is 3.19. The molecule has 1 aromatic carbocycles. The Bertz CT molecular complexity index is 468. The van der Waals surface area contributed by atoms with Crippen LogP contribution in [0.1, 0.15) is 0 Å². The number of halogens is 1. The molecule has 1 N–H and O–H groups in total. The Kier molecular flexibility index (Phi) is 2.95. The molecule has 2 aromatic rings. The summed E-state index contributed by atoms with van der Waals surface area (Å²) in [7, 11) is 0. The smallest absolute Gasteiger partial charge is 0.231 e. The predicted octanol–water partition coefficient (Wildman–Crippen LogP) is 1.62. The van der Waals surface area contributed by atoms with Gasteiger partial charge in [-0.2, -0.15) is 4.39 Å². The van der Waals surface area contributed by atoms with Crippen LogP contribution in [0.25, 0.3) is 0 Å². The van der Waals surface area contributed by atoms with Crippen molar-refractivity contribution in [2.24, 2.45) is 0 Å². The summed E-state index contributed by atoms with van der Waals surface area (Å²) in [6, 6.07) is 5.94. The van der Waals surface area contributed by atoms with Gasteiger partial charge in [0.05, 0.1) is 18.1 Å². The monoisotopic (exact) mass is 233 g/mol. The number of aromatic hydroxyl groups is 1. The average molecular weight is 233 g/mol. The second-order valence-electron chi connectivity index (χ2n) is 3.19. The molecule has 0 unspecified atom stereocenters. The van der Waals surface area contributed by atoms with Crippen molar-refractivity contribution in [1.82, 2.24) is 9.97 Å². The number of aromatic nitrogens is 2. The van der Waals surface area contributed by atoms with Gasteiger partial charge < -0.3 is 5.11 Å². The predicted molar refractivity (Wildman–Crippen MR) is 58.3 cm³/mol. The fraction of sp³-hybridized carbons (Fsp3) is 0. The van der Waals surface area contributed by atoms with Gasteiger partial charge in [0.2, 0.25) is 12.4 Å². The van der Waals surface area contributed by atoms with E-state index in [1.807, 2.05) is 0 Å². The minimum Gasteiger partial charge on any atom is -0.508 e. The molecule has 0 atom stereocenters. The fourth-order valence-corrected chi connectivity index (χ4v) is 1.29. The Morgan fingerprint density at radius 2 is 1.88 bits per heavy atom. The van der Waals surface area contributed by atoms with Crippen molar-refractivity contribution < 1.29 is 14.3 Å². The summed E-state index contributed by atoms with van der Waals surface area (Å²) < 4.78 is 12.6. The highest BCUT2D eigenvalue weighted by atomic mass is 19.1. The third-order valence-electron chi connectivity index (χ3n) is 2.09. The lowest BCUT2D eigenvalue weighted by molar-refractivity contribution is -0.106. The molecule has 0 radical (unpaired) electrons. The molecule has 1 amide bonds. The summed E-state index contributed by atoms with van der Waals surface area (Å²) in [4.78, 5) is 19.3. The normalized spacial score (nSPS) is 9.94. The Morgan fingerprint density at radius 1 is 1.18 bits per heavy atom. The lowest BCUT2D eigenvalue weighted by atomic mass is 10.3. The Morgan fingerprint density at radius 3 is 2.41 bits per heavy atom. The molecule has 0 aliphatic carbocycles. The number of carbonyl (C=O) groups is 1. The highest BCUT2D eigenvalue weighted by Crippen LogP contribution is 2.23. The molecule has 2 rings (SSSR count). The molecule has 17 heavy (non-hydrogen) atoms. The molecule has 1 aromatic heterocycles. The maximum absolute atomic E-state index is 12.6. The Hall–Kier alpha value is -2.50. The fourth-order valence-electron chi connectivity index (χ4n) is 1.29. The van der Waals surface area contributed by atoms with E-state index in [0.717, 1.165) is 12.4 Å². The minimum absolute atomic E-state index is 0.0878. The molecule has 0 spiro atoms. The van der Waals surface area contributed by atoms with Gasteiger partial charge in [0, 0.05) is 0 Å². The van der Waals surface area contributed by atoms with Gasteiger partial charge in [-0.15, -0.1) is 0 Å². The summed E-state index contributed by atoms with van der Waals surface area (Å²) in [5.41, 5.74) is 0.499. The molecule has 1 heterocycles. The van der Waals surface area contributed by atoms with Gasteiger partial charge in [-0.05, 0) is 24.3 Å². The molecule has 6 heteroatoms. The van der Waals surface area contributed by atoms with Crippen molar-refractivity contribution in [3.63, 3.8) is 0 Å². The van der Waals surface area contributed by atoms with Gasteiger partial charge in [0.1, 0.15) is 5.75 Å². The average Bonchev–Trinajstić information content (AvgIpc) is 2.35. The van der Waals surface area contributed by atoms with Crippen LogP contribution >= 0.6 is 0 Å². The molecule has 0 saturated carbocycles. The van der Waals surface area contributed by atoms with Crippen LogP contribution in [0, 0.1) is 5.95 Å². The van der Waals surface area contributed by atoms with Crippen LogP contribution in [0.3, 0.4) is 0 Å². The molecule has 0 aliphatic rings. The molecule has 0 bridgehead atoms. The van der Waals surface area contributed by atoms with Gasteiger partial charge >= 0.3 is 0 Å². The second kappa shape index (κ2) is 4.56. The van der Waals surface area contributed by atoms with Crippen molar-refractivity contribution in [2.75, 3.05) is 4.90 Å². The van der Waals surface area contributed by atoms with Crippen molar-refractivity contribution in [3.8, 4) is 5.75 Å². The third kappa shape index (κ3) is 2.36. The zero-order chi connectivity index (χ0) is 12.3. The van der Waals surface area contributed by atoms with E-state index in [2.05, 4.69) is 9.97 Å². The first-order chi connectivity index (χ1) is 8.20. The SMILES string of the molecule is O=CN(c1ccc(O)cc1)c1cnc(F)cn1. The van der Waals surface area contributed by atoms with E-state index in [1.54, 1.807) is 0 Å². The van der Waals surface area contributed by atoms with Crippen LogP contribution in [0.5, 0.6) is 5.75 Å². The van der Waals surface area contributed by atoms with Crippen LogP contribution in [0.2, 0.25) is 0 Å². The Labute approximate surface area is 96.2 Å². The largest absolute Gasteiger partial charge is 0.508 e. The van der Waals surface area contributed by atoms with E-state index in [1.165, 1.54) is 29.2 Å². The number of rotatable bonds is 3. The van der Waals surface area contributed by atoms with Crippen molar-refractivity contribution in [1.29, 1.82) is 0 Å². The van der Waals surface area contributed by atoms with Crippen LogP contribution in [-0.2, 0) is 4.79 Å². The first kappa shape index (κ1) is 11.0. The van der Waals surface area contributed by atoms with Crippen LogP contribution < -0.4 is 4.90 Å². The summed E-state index contributed by atoms with van der Waals surface area (Å²) in [6.45, 7) is 0. The van der Waals surface area contributed by atoms with Crippen LogP contribution in [-0.4, -0.2) is 21.5 Å². The minimum atomic E-state index is -0.717. The van der Waals surface area contributed by atoms with Gasteiger partial charge in [0.15, 0.2) is 5.82 Å². The van der Waals surface area contributed by atoms with E-state index < -0.39 is 5.95 Å². The molecule has 0 aliphatic heterocycles. The summed E-state index contributed by atoms with van der Waals surface area (Å²) in [5.74, 6) is -0.429. The number of phenolic OH excluding ortho intramolecular Hbond substituents is 1. The maximum Gasteiger partial charge on any atom is 0.231 e. The van der Waals surface area contributed by atoms with Crippen LogP contribution in [0.4, 0.5) is 15.9 Å². The summed E-state index contributed by atoms with van der Waals surface area (Å²) in [6.07, 6.45) is 2.61. The first-order valence-electron chi connectivity index (χ1n) is 4.72. The van der Waals surface area contributed by atoms with E-state index in [-0.39, 0.29) is 11.6 Å². The van der Waals surface area contributed by atoms with Gasteiger partial charge in [-0.1, -0.05) is 0 Å². The number of benzene rings is 1. The molecular formula is C11H8FN3O2. The summed E-state index contributed by atoms with van der Waals surface area (Å²) >= 11 is 0. The molecular weight excluding hydrogens is 225 g/mol. The number of nitrogens with zero attached hydrogens (tertiary/aromatic N) is 3. The van der Waals surface area contributed by atoms with Gasteiger partial charge in [-0.3, -0.25) is 9.69 Å². The van der Waals surface area contributed by atoms with E-state index in [4.69, 9.17) is 5.11 Å². The van der Waals surface area contributed by atoms with E-state index >= 15 is 0 Å². The zero-order valence-corrected chi connectivity index (χ0v) is 8.62. The lowest BCUT2D eigenvalue weighted by Gasteiger charge is -2.15. The summed E-state index contributed by atoms with van der Waals surface area (Å²) in [5, 5.41) is 9.13. The lowest BCUT2D eigenvalue weighted by Crippen LogP contribution is -2.15. The topological polar surface area (TPSA) is 66.3 Å². The number of hydrogen-bond acceptors (Lipinski definition) is 4. The quantitative estimate of drug-likeness (QED) is 0.818. The number of hydrogen-bond donors (Lipinski definition) is 1. The number of phenols is 1. The molecule has 5 nitrogen and oxygen atoms in total. The Balaban J connectivity index is 2.36. The molecule has 86 valence electrons. The molecule has 0 saturated heterocycles. The number of carbonyl (C=O) groups excluding carboxylic acids is 1. The van der Waals surface area contributed by atoms with Crippen molar-refractivity contribution >= 4 is 17.9 Å². The first-order valence-corrected chi connectivity index (χ1v) is 4.72. The van der Waals surface area contributed by atoms with E-state index in [0.29, 0.717) is 12.1 Å².